The third-order valence-corrected chi connectivity index (χ3v) is 3.27. The predicted octanol–water partition coefficient (Wildman–Crippen LogP) is 1.95. The van der Waals surface area contributed by atoms with Crippen molar-refractivity contribution in [3.8, 4) is 0 Å². The van der Waals surface area contributed by atoms with Crippen molar-refractivity contribution in [3.63, 3.8) is 0 Å². The zero-order valence-corrected chi connectivity index (χ0v) is 10.5. The number of aliphatic carboxylic acids is 1. The Labute approximate surface area is 105 Å². The highest BCUT2D eigenvalue weighted by molar-refractivity contribution is 5.95. The molecule has 0 spiro atoms. The highest BCUT2D eigenvalue weighted by atomic mass is 16.4. The largest absolute Gasteiger partial charge is 0.481 e. The Bertz CT molecular complexity index is 463. The van der Waals surface area contributed by atoms with Gasteiger partial charge in [0.15, 0.2) is 0 Å². The number of furan rings is 1. The molecule has 1 fully saturated rings. The Kier molecular flexibility index (Phi) is 3.41. The van der Waals surface area contributed by atoms with E-state index in [1.165, 1.54) is 6.26 Å². The fraction of sp³-hybridized carbons (Fsp3) is 0.538. The van der Waals surface area contributed by atoms with Crippen LogP contribution < -0.4 is 0 Å². The summed E-state index contributed by atoms with van der Waals surface area (Å²) in [6.07, 6.45) is 2.03. The van der Waals surface area contributed by atoms with Gasteiger partial charge in [-0.15, -0.1) is 0 Å². The van der Waals surface area contributed by atoms with Crippen molar-refractivity contribution in [1.29, 1.82) is 0 Å². The number of amides is 1. The lowest BCUT2D eigenvalue weighted by Crippen LogP contribution is -2.30. The molecule has 1 saturated heterocycles. The van der Waals surface area contributed by atoms with E-state index in [9.17, 15) is 9.59 Å². The van der Waals surface area contributed by atoms with Gasteiger partial charge in [0.1, 0.15) is 5.76 Å². The molecule has 1 aliphatic heterocycles. The minimum absolute atomic E-state index is 0.129. The first-order valence-electron chi connectivity index (χ1n) is 6.10. The van der Waals surface area contributed by atoms with Gasteiger partial charge in [0, 0.05) is 19.0 Å². The summed E-state index contributed by atoms with van der Waals surface area (Å²) in [7, 11) is 0. The molecule has 1 unspecified atom stereocenters. The van der Waals surface area contributed by atoms with E-state index in [1.54, 1.807) is 11.0 Å². The van der Waals surface area contributed by atoms with Crippen molar-refractivity contribution >= 4 is 11.9 Å². The lowest BCUT2D eigenvalue weighted by Gasteiger charge is -2.16. The molecule has 98 valence electrons. The van der Waals surface area contributed by atoms with E-state index in [1.807, 2.05) is 13.8 Å². The average Bonchev–Trinajstić information content (AvgIpc) is 2.97. The molecule has 18 heavy (non-hydrogen) atoms. The van der Waals surface area contributed by atoms with Crippen LogP contribution in [0.25, 0.3) is 0 Å². The monoisotopic (exact) mass is 251 g/mol. The minimum atomic E-state index is -0.832. The molecule has 5 nitrogen and oxygen atoms in total. The van der Waals surface area contributed by atoms with Gasteiger partial charge in [0.05, 0.1) is 17.7 Å². The van der Waals surface area contributed by atoms with Gasteiger partial charge in [0.2, 0.25) is 0 Å². The Hall–Kier alpha value is -1.78. The molecule has 0 aliphatic carbocycles. The van der Waals surface area contributed by atoms with Gasteiger partial charge in [-0.1, -0.05) is 13.8 Å². The lowest BCUT2D eigenvalue weighted by molar-refractivity contribution is -0.141. The van der Waals surface area contributed by atoms with Gasteiger partial charge in [-0.05, 0) is 12.5 Å². The molecular weight excluding hydrogens is 234 g/mol. The Balaban J connectivity index is 2.13. The average molecular weight is 251 g/mol. The van der Waals surface area contributed by atoms with Crippen molar-refractivity contribution in [3.05, 3.63) is 23.7 Å². The SMILES string of the molecule is CC(C)c1occc1C(=O)N1CCC(C(=O)O)C1. The molecule has 0 aromatic carbocycles. The van der Waals surface area contributed by atoms with Crippen molar-refractivity contribution in [2.24, 2.45) is 5.92 Å². The zero-order valence-electron chi connectivity index (χ0n) is 10.5. The summed E-state index contributed by atoms with van der Waals surface area (Å²) in [5.41, 5.74) is 0.552. The summed E-state index contributed by atoms with van der Waals surface area (Å²) in [5.74, 6) is -0.600. The van der Waals surface area contributed by atoms with E-state index < -0.39 is 11.9 Å². The normalized spacial score (nSPS) is 19.5. The van der Waals surface area contributed by atoms with E-state index >= 15 is 0 Å². The molecule has 5 heteroatoms. The van der Waals surface area contributed by atoms with Gasteiger partial charge in [-0.25, -0.2) is 0 Å². The number of hydrogen-bond acceptors (Lipinski definition) is 3. The summed E-state index contributed by atoms with van der Waals surface area (Å²) >= 11 is 0. The minimum Gasteiger partial charge on any atom is -0.481 e. The van der Waals surface area contributed by atoms with E-state index in [2.05, 4.69) is 0 Å². The van der Waals surface area contributed by atoms with E-state index in [4.69, 9.17) is 9.52 Å². The number of rotatable bonds is 3. The predicted molar refractivity (Wildman–Crippen MR) is 64.4 cm³/mol. The van der Waals surface area contributed by atoms with Crippen LogP contribution in [0.2, 0.25) is 0 Å². The molecule has 1 N–H and O–H groups in total. The highest BCUT2D eigenvalue weighted by Gasteiger charge is 2.32. The fourth-order valence-electron chi connectivity index (χ4n) is 2.26. The van der Waals surface area contributed by atoms with Crippen molar-refractivity contribution in [1.82, 2.24) is 4.90 Å². The zero-order chi connectivity index (χ0) is 13.3. The lowest BCUT2D eigenvalue weighted by atomic mass is 10.1. The van der Waals surface area contributed by atoms with Gasteiger partial charge >= 0.3 is 5.97 Å². The fourth-order valence-corrected chi connectivity index (χ4v) is 2.26. The summed E-state index contributed by atoms with van der Waals surface area (Å²) in [6.45, 7) is 4.70. The first-order valence-corrected chi connectivity index (χ1v) is 6.10. The second kappa shape index (κ2) is 4.84. The van der Waals surface area contributed by atoms with Gasteiger partial charge in [-0.3, -0.25) is 9.59 Å². The molecule has 1 aromatic rings. The molecule has 1 amide bonds. The molecule has 0 bridgehead atoms. The standard InChI is InChI=1S/C13H17NO4/c1-8(2)11-10(4-6-18-11)12(15)14-5-3-9(7-14)13(16)17/h4,6,8-9H,3,5,7H2,1-2H3,(H,16,17). The maximum atomic E-state index is 12.3. The quantitative estimate of drug-likeness (QED) is 0.891. The number of carbonyl (C=O) groups excluding carboxylic acids is 1. The van der Waals surface area contributed by atoms with Crippen LogP contribution in [-0.2, 0) is 4.79 Å². The van der Waals surface area contributed by atoms with Crippen LogP contribution in [0.1, 0.15) is 42.3 Å². The topological polar surface area (TPSA) is 70.8 Å². The maximum Gasteiger partial charge on any atom is 0.308 e. The Morgan fingerprint density at radius 1 is 1.50 bits per heavy atom. The van der Waals surface area contributed by atoms with E-state index in [0.717, 1.165) is 0 Å². The summed E-state index contributed by atoms with van der Waals surface area (Å²) in [4.78, 5) is 24.7. The first kappa shape index (κ1) is 12.7. The Morgan fingerprint density at radius 3 is 2.78 bits per heavy atom. The second-order valence-electron chi connectivity index (χ2n) is 4.93. The smallest absolute Gasteiger partial charge is 0.308 e. The van der Waals surface area contributed by atoms with Crippen molar-refractivity contribution in [2.75, 3.05) is 13.1 Å². The number of carbonyl (C=O) groups is 2. The van der Waals surface area contributed by atoms with E-state index in [-0.39, 0.29) is 18.4 Å². The number of carboxylic acid groups (broad SMARTS) is 1. The summed E-state index contributed by atoms with van der Waals surface area (Å²) in [6, 6.07) is 1.66. The molecule has 2 rings (SSSR count). The highest BCUT2D eigenvalue weighted by Crippen LogP contribution is 2.25. The number of likely N-dealkylation sites (tertiary alicyclic amines) is 1. The van der Waals surface area contributed by atoms with Crippen LogP contribution in [0.4, 0.5) is 0 Å². The van der Waals surface area contributed by atoms with Crippen LogP contribution in [0.15, 0.2) is 16.7 Å². The summed E-state index contributed by atoms with van der Waals surface area (Å²) in [5, 5.41) is 8.93. The molecule has 2 heterocycles. The maximum absolute atomic E-state index is 12.3. The van der Waals surface area contributed by atoms with Gasteiger partial charge < -0.3 is 14.4 Å². The molecule has 1 aromatic heterocycles. The molecule has 0 radical (unpaired) electrons. The number of carboxylic acids is 1. The van der Waals surface area contributed by atoms with Crippen LogP contribution in [-0.4, -0.2) is 35.0 Å². The molecule has 0 saturated carbocycles. The molecule has 1 aliphatic rings. The van der Waals surface area contributed by atoms with Gasteiger partial charge in [0.25, 0.3) is 5.91 Å². The number of hydrogen-bond donors (Lipinski definition) is 1. The number of nitrogens with zero attached hydrogens (tertiary/aromatic N) is 1. The van der Waals surface area contributed by atoms with Gasteiger partial charge in [-0.2, -0.15) is 0 Å². The molecule has 1 atom stereocenters. The summed E-state index contributed by atoms with van der Waals surface area (Å²) < 4.78 is 5.32. The molecular formula is C13H17NO4. The van der Waals surface area contributed by atoms with Crippen molar-refractivity contribution < 1.29 is 19.1 Å². The second-order valence-corrected chi connectivity index (χ2v) is 4.93. The van der Waals surface area contributed by atoms with Crippen LogP contribution in [0.3, 0.4) is 0 Å². The van der Waals surface area contributed by atoms with Crippen LogP contribution in [0.5, 0.6) is 0 Å². The third-order valence-electron chi connectivity index (χ3n) is 3.27. The van der Waals surface area contributed by atoms with Crippen molar-refractivity contribution in [2.45, 2.75) is 26.2 Å². The Morgan fingerprint density at radius 2 is 2.22 bits per heavy atom. The van der Waals surface area contributed by atoms with Crippen LogP contribution >= 0.6 is 0 Å². The first-order chi connectivity index (χ1) is 8.50. The third kappa shape index (κ3) is 2.25. The van der Waals surface area contributed by atoms with Crippen LogP contribution in [0, 0.1) is 5.92 Å². The van der Waals surface area contributed by atoms with E-state index in [0.29, 0.717) is 24.3 Å².